The quantitative estimate of drug-likeness (QED) is 0.823. The van der Waals surface area contributed by atoms with E-state index < -0.39 is 11.6 Å². The van der Waals surface area contributed by atoms with E-state index in [9.17, 15) is 8.78 Å². The van der Waals surface area contributed by atoms with Crippen LogP contribution in [0.2, 0.25) is 0 Å². The standard InChI is InChI=1S/C13H8BrF2N3/c14-8-1-2-11(7(3-8)6-17)19-12-5-9(15)4-10(16)13(12)18/h1-5,19H,18H2. The average molecular weight is 324 g/mol. The van der Waals surface area contributed by atoms with Crippen LogP contribution >= 0.6 is 15.9 Å². The van der Waals surface area contributed by atoms with Gasteiger partial charge in [-0.1, -0.05) is 15.9 Å². The Labute approximate surface area is 116 Å². The number of benzene rings is 2. The lowest BCUT2D eigenvalue weighted by molar-refractivity contribution is 0.587. The molecule has 0 heterocycles. The van der Waals surface area contributed by atoms with E-state index in [0.29, 0.717) is 17.3 Å². The van der Waals surface area contributed by atoms with Crippen molar-refractivity contribution in [3.8, 4) is 6.07 Å². The molecule has 2 rings (SSSR count). The highest BCUT2D eigenvalue weighted by Crippen LogP contribution is 2.29. The molecular formula is C13H8BrF2N3. The molecule has 0 bridgehead atoms. The molecule has 0 aliphatic carbocycles. The number of nitrogen functional groups attached to an aromatic ring is 1. The van der Waals surface area contributed by atoms with Crippen LogP contribution in [0.15, 0.2) is 34.8 Å². The predicted molar refractivity (Wildman–Crippen MR) is 72.9 cm³/mol. The lowest BCUT2D eigenvalue weighted by Crippen LogP contribution is -2.01. The fourth-order valence-corrected chi connectivity index (χ4v) is 1.91. The number of hydrogen-bond acceptors (Lipinski definition) is 3. The van der Waals surface area contributed by atoms with Gasteiger partial charge in [0.25, 0.3) is 0 Å². The van der Waals surface area contributed by atoms with Gasteiger partial charge in [-0.25, -0.2) is 8.78 Å². The minimum Gasteiger partial charge on any atom is -0.395 e. The van der Waals surface area contributed by atoms with Crippen LogP contribution in [0.4, 0.5) is 25.8 Å². The summed E-state index contributed by atoms with van der Waals surface area (Å²) in [6.45, 7) is 0. The number of nitriles is 1. The van der Waals surface area contributed by atoms with Gasteiger partial charge in [-0.15, -0.1) is 0 Å². The zero-order chi connectivity index (χ0) is 14.0. The second-order valence-electron chi connectivity index (χ2n) is 3.78. The third-order valence-electron chi connectivity index (χ3n) is 2.47. The third-order valence-corrected chi connectivity index (χ3v) is 2.96. The Bertz CT molecular complexity index is 680. The van der Waals surface area contributed by atoms with Crippen LogP contribution in [-0.2, 0) is 0 Å². The number of nitrogens with zero attached hydrogens (tertiary/aromatic N) is 1. The maximum Gasteiger partial charge on any atom is 0.151 e. The van der Waals surface area contributed by atoms with Crippen LogP contribution in [-0.4, -0.2) is 0 Å². The summed E-state index contributed by atoms with van der Waals surface area (Å²) in [5, 5.41) is 11.8. The van der Waals surface area contributed by atoms with Gasteiger partial charge in [0.05, 0.1) is 22.6 Å². The monoisotopic (exact) mass is 323 g/mol. The molecular weight excluding hydrogens is 316 g/mol. The van der Waals surface area contributed by atoms with Crippen molar-refractivity contribution in [3.05, 3.63) is 52.0 Å². The Morgan fingerprint density at radius 1 is 1.16 bits per heavy atom. The zero-order valence-electron chi connectivity index (χ0n) is 9.55. The normalized spacial score (nSPS) is 10.0. The van der Waals surface area contributed by atoms with Crippen molar-refractivity contribution in [2.75, 3.05) is 11.1 Å². The fourth-order valence-electron chi connectivity index (χ4n) is 1.55. The average Bonchev–Trinajstić information content (AvgIpc) is 2.37. The topological polar surface area (TPSA) is 61.8 Å². The van der Waals surface area contributed by atoms with Crippen molar-refractivity contribution in [1.82, 2.24) is 0 Å². The molecule has 0 spiro atoms. The highest BCUT2D eigenvalue weighted by atomic mass is 79.9. The lowest BCUT2D eigenvalue weighted by atomic mass is 10.1. The maximum absolute atomic E-state index is 13.3. The molecule has 3 N–H and O–H groups in total. The fraction of sp³-hybridized carbons (Fsp3) is 0. The van der Waals surface area contributed by atoms with Gasteiger partial charge in [-0.2, -0.15) is 5.26 Å². The Kier molecular flexibility index (Phi) is 3.67. The van der Waals surface area contributed by atoms with E-state index in [1.807, 2.05) is 6.07 Å². The van der Waals surface area contributed by atoms with Gasteiger partial charge in [0.15, 0.2) is 5.82 Å². The van der Waals surface area contributed by atoms with Gasteiger partial charge < -0.3 is 11.1 Å². The molecule has 0 saturated carbocycles. The van der Waals surface area contributed by atoms with Crippen molar-refractivity contribution in [2.45, 2.75) is 0 Å². The van der Waals surface area contributed by atoms with Crippen molar-refractivity contribution in [2.24, 2.45) is 0 Å². The van der Waals surface area contributed by atoms with Crippen LogP contribution in [0.5, 0.6) is 0 Å². The van der Waals surface area contributed by atoms with Crippen LogP contribution in [0.25, 0.3) is 0 Å². The lowest BCUT2D eigenvalue weighted by Gasteiger charge is -2.11. The van der Waals surface area contributed by atoms with E-state index >= 15 is 0 Å². The molecule has 0 aromatic heterocycles. The molecule has 0 saturated heterocycles. The molecule has 19 heavy (non-hydrogen) atoms. The van der Waals surface area contributed by atoms with E-state index in [1.165, 1.54) is 0 Å². The first-order valence-electron chi connectivity index (χ1n) is 5.22. The van der Waals surface area contributed by atoms with Crippen LogP contribution < -0.4 is 11.1 Å². The smallest absolute Gasteiger partial charge is 0.151 e. The molecule has 0 aliphatic heterocycles. The molecule has 0 amide bonds. The predicted octanol–water partition coefficient (Wildman–Crippen LogP) is 3.92. The summed E-state index contributed by atoms with van der Waals surface area (Å²) in [4.78, 5) is 0. The molecule has 0 unspecified atom stereocenters. The number of halogens is 3. The van der Waals surface area contributed by atoms with E-state index in [2.05, 4.69) is 21.2 Å². The van der Waals surface area contributed by atoms with Gasteiger partial charge in [-0.05, 0) is 24.3 Å². The van der Waals surface area contributed by atoms with Crippen molar-refractivity contribution in [3.63, 3.8) is 0 Å². The molecule has 3 nitrogen and oxygen atoms in total. The number of rotatable bonds is 2. The first-order valence-corrected chi connectivity index (χ1v) is 6.01. The second kappa shape index (κ2) is 5.24. The van der Waals surface area contributed by atoms with E-state index in [0.717, 1.165) is 10.5 Å². The highest BCUT2D eigenvalue weighted by molar-refractivity contribution is 9.10. The van der Waals surface area contributed by atoms with Gasteiger partial charge in [0.1, 0.15) is 11.9 Å². The van der Waals surface area contributed by atoms with E-state index in [4.69, 9.17) is 11.0 Å². The van der Waals surface area contributed by atoms with E-state index in [-0.39, 0.29) is 11.4 Å². The number of hydrogen-bond donors (Lipinski definition) is 2. The largest absolute Gasteiger partial charge is 0.395 e. The third kappa shape index (κ3) is 2.83. The van der Waals surface area contributed by atoms with Gasteiger partial charge in [0, 0.05) is 10.5 Å². The van der Waals surface area contributed by atoms with Crippen LogP contribution in [0, 0.1) is 23.0 Å². The number of anilines is 3. The summed E-state index contributed by atoms with van der Waals surface area (Å²) in [6.07, 6.45) is 0. The summed E-state index contributed by atoms with van der Waals surface area (Å²) >= 11 is 3.24. The van der Waals surface area contributed by atoms with Gasteiger partial charge in [-0.3, -0.25) is 0 Å². The van der Waals surface area contributed by atoms with Crippen molar-refractivity contribution >= 4 is 33.0 Å². The first kappa shape index (κ1) is 13.3. The zero-order valence-corrected chi connectivity index (χ0v) is 11.1. The van der Waals surface area contributed by atoms with Gasteiger partial charge in [0.2, 0.25) is 0 Å². The number of nitrogens with one attached hydrogen (secondary N) is 1. The Balaban J connectivity index is 2.45. The maximum atomic E-state index is 13.3. The van der Waals surface area contributed by atoms with Gasteiger partial charge >= 0.3 is 0 Å². The highest BCUT2D eigenvalue weighted by Gasteiger charge is 2.10. The molecule has 0 fully saturated rings. The molecule has 96 valence electrons. The Morgan fingerprint density at radius 3 is 2.58 bits per heavy atom. The molecule has 6 heteroatoms. The molecule has 2 aromatic rings. The van der Waals surface area contributed by atoms with Crippen molar-refractivity contribution in [1.29, 1.82) is 5.26 Å². The summed E-state index contributed by atoms with van der Waals surface area (Å²) in [7, 11) is 0. The number of nitrogens with two attached hydrogens (primary N) is 1. The summed E-state index contributed by atoms with van der Waals surface area (Å²) in [6, 6.07) is 8.67. The minimum absolute atomic E-state index is 0.0799. The molecule has 0 aliphatic rings. The molecule has 0 atom stereocenters. The van der Waals surface area contributed by atoms with Crippen LogP contribution in [0.1, 0.15) is 5.56 Å². The molecule has 2 aromatic carbocycles. The Hall–Kier alpha value is -2.13. The minimum atomic E-state index is -0.849. The Morgan fingerprint density at radius 2 is 1.89 bits per heavy atom. The molecule has 0 radical (unpaired) electrons. The van der Waals surface area contributed by atoms with E-state index in [1.54, 1.807) is 18.2 Å². The SMILES string of the molecule is N#Cc1cc(Br)ccc1Nc1cc(F)cc(F)c1N. The summed E-state index contributed by atoms with van der Waals surface area (Å²) < 4.78 is 27.2. The summed E-state index contributed by atoms with van der Waals surface area (Å²) in [5.74, 6) is -1.59. The summed E-state index contributed by atoms with van der Waals surface area (Å²) in [5.41, 5.74) is 6.15. The van der Waals surface area contributed by atoms with Crippen LogP contribution in [0.3, 0.4) is 0 Å². The second-order valence-corrected chi connectivity index (χ2v) is 4.69. The van der Waals surface area contributed by atoms with Crippen molar-refractivity contribution < 1.29 is 8.78 Å². The first-order chi connectivity index (χ1) is 9.01.